The van der Waals surface area contributed by atoms with Gasteiger partial charge >= 0.3 is 6.18 Å². The van der Waals surface area contributed by atoms with Crippen molar-refractivity contribution in [3.63, 3.8) is 0 Å². The number of amides is 2. The van der Waals surface area contributed by atoms with E-state index >= 15 is 0 Å². The summed E-state index contributed by atoms with van der Waals surface area (Å²) in [5, 5.41) is 0. The number of rotatable bonds is 7. The molecule has 2 aliphatic heterocycles. The first-order chi connectivity index (χ1) is 16.7. The Morgan fingerprint density at radius 1 is 0.800 bits per heavy atom. The molecule has 0 bridgehead atoms. The fourth-order valence-corrected chi connectivity index (χ4v) is 4.54. The zero-order chi connectivity index (χ0) is 25.0. The maximum absolute atomic E-state index is 13.9. The van der Waals surface area contributed by atoms with Gasteiger partial charge in [0.25, 0.3) is 0 Å². The van der Waals surface area contributed by atoms with Crippen LogP contribution >= 0.6 is 0 Å². The molecular formula is C25H28F4N4O2. The van der Waals surface area contributed by atoms with Crippen molar-refractivity contribution in [2.24, 2.45) is 0 Å². The molecule has 0 spiro atoms. The van der Waals surface area contributed by atoms with E-state index in [2.05, 4.69) is 4.90 Å². The van der Waals surface area contributed by atoms with Crippen LogP contribution in [0.15, 0.2) is 48.5 Å². The van der Waals surface area contributed by atoms with Gasteiger partial charge in [-0.05, 0) is 37.2 Å². The predicted octanol–water partition coefficient (Wildman–Crippen LogP) is 3.23. The Morgan fingerprint density at radius 3 is 2.14 bits per heavy atom. The minimum Gasteiger partial charge on any atom is -0.369 e. The van der Waals surface area contributed by atoms with Crippen LogP contribution in [0.25, 0.3) is 0 Å². The Kier molecular flexibility index (Phi) is 7.71. The zero-order valence-electron chi connectivity index (χ0n) is 19.3. The third kappa shape index (κ3) is 6.37. The zero-order valence-corrected chi connectivity index (χ0v) is 19.3. The first kappa shape index (κ1) is 25.1. The van der Waals surface area contributed by atoms with E-state index < -0.39 is 11.7 Å². The number of alkyl halides is 3. The van der Waals surface area contributed by atoms with Gasteiger partial charge in [-0.25, -0.2) is 4.39 Å². The molecule has 0 radical (unpaired) electrons. The summed E-state index contributed by atoms with van der Waals surface area (Å²) in [5.41, 5.74) is 0.357. The molecule has 2 amide bonds. The fraction of sp³-hybridized carbons (Fsp3) is 0.440. The van der Waals surface area contributed by atoms with Gasteiger partial charge in [0.2, 0.25) is 11.8 Å². The van der Waals surface area contributed by atoms with E-state index in [9.17, 15) is 27.2 Å². The maximum atomic E-state index is 13.9. The molecule has 35 heavy (non-hydrogen) atoms. The van der Waals surface area contributed by atoms with Crippen molar-refractivity contribution >= 4 is 17.5 Å². The van der Waals surface area contributed by atoms with Crippen LogP contribution in [0.5, 0.6) is 0 Å². The van der Waals surface area contributed by atoms with E-state index in [0.29, 0.717) is 56.9 Å². The van der Waals surface area contributed by atoms with Gasteiger partial charge in [0.1, 0.15) is 5.82 Å². The summed E-state index contributed by atoms with van der Waals surface area (Å²) in [7, 11) is 0. The van der Waals surface area contributed by atoms with Crippen LogP contribution in [0, 0.1) is 5.82 Å². The van der Waals surface area contributed by atoms with Crippen molar-refractivity contribution in [2.75, 3.05) is 57.3 Å². The molecule has 10 heteroatoms. The number of nitrogens with zero attached hydrogens (tertiary/aromatic N) is 4. The molecule has 0 unspecified atom stereocenters. The number of benzene rings is 2. The van der Waals surface area contributed by atoms with Gasteiger partial charge in [-0.15, -0.1) is 0 Å². The SMILES string of the molecule is O=C1CN(Cc2ccccc2F)CC(=O)N1CCCN1CCN(c2cccc(C(F)(F)F)c2)CC1. The summed E-state index contributed by atoms with van der Waals surface area (Å²) in [6, 6.07) is 11.7. The largest absolute Gasteiger partial charge is 0.416 e. The van der Waals surface area contributed by atoms with Gasteiger partial charge in [0.15, 0.2) is 0 Å². The summed E-state index contributed by atoms with van der Waals surface area (Å²) in [4.78, 5) is 32.1. The lowest BCUT2D eigenvalue weighted by atomic mass is 10.1. The van der Waals surface area contributed by atoms with E-state index in [4.69, 9.17) is 0 Å². The standard InChI is InChI=1S/C25H28F4N4O2/c26-22-8-2-1-5-19(22)16-31-17-23(34)33(24(35)18-31)10-4-9-30-11-13-32(14-12-30)21-7-3-6-20(15-21)25(27,28)29/h1-3,5-8,15H,4,9-14,16-18H2. The fourth-order valence-electron chi connectivity index (χ4n) is 4.54. The molecule has 2 saturated heterocycles. The molecule has 2 aliphatic rings. The second kappa shape index (κ2) is 10.7. The molecule has 6 nitrogen and oxygen atoms in total. The molecule has 0 N–H and O–H groups in total. The smallest absolute Gasteiger partial charge is 0.369 e. The van der Waals surface area contributed by atoms with Gasteiger partial charge in [-0.2, -0.15) is 13.2 Å². The van der Waals surface area contributed by atoms with Crippen LogP contribution in [-0.4, -0.2) is 78.9 Å². The summed E-state index contributed by atoms with van der Waals surface area (Å²) in [6.07, 6.45) is -3.75. The van der Waals surface area contributed by atoms with Crippen molar-refractivity contribution in [1.29, 1.82) is 0 Å². The van der Waals surface area contributed by atoms with E-state index in [0.717, 1.165) is 6.07 Å². The minimum absolute atomic E-state index is 0.0652. The van der Waals surface area contributed by atoms with Crippen LogP contribution in [0.2, 0.25) is 0 Å². The van der Waals surface area contributed by atoms with Crippen molar-refractivity contribution in [3.05, 3.63) is 65.5 Å². The van der Waals surface area contributed by atoms with E-state index in [1.54, 1.807) is 29.2 Å². The quantitative estimate of drug-likeness (QED) is 0.439. The van der Waals surface area contributed by atoms with Gasteiger partial charge < -0.3 is 4.90 Å². The molecule has 2 heterocycles. The van der Waals surface area contributed by atoms with Gasteiger partial charge in [0, 0.05) is 50.5 Å². The average molecular weight is 493 g/mol. The lowest BCUT2D eigenvalue weighted by molar-refractivity contribution is -0.151. The first-order valence-electron chi connectivity index (χ1n) is 11.6. The van der Waals surface area contributed by atoms with Crippen molar-refractivity contribution in [1.82, 2.24) is 14.7 Å². The molecule has 2 aromatic carbocycles. The number of carbonyl (C=O) groups excluding carboxylic acids is 2. The Hall–Kier alpha value is -2.98. The maximum Gasteiger partial charge on any atom is 0.416 e. The lowest BCUT2D eigenvalue weighted by Gasteiger charge is -2.37. The summed E-state index contributed by atoms with van der Waals surface area (Å²) >= 11 is 0. The molecule has 0 aliphatic carbocycles. The molecule has 188 valence electrons. The third-order valence-corrected chi connectivity index (χ3v) is 6.44. The number of hydrogen-bond donors (Lipinski definition) is 0. The summed E-state index contributed by atoms with van der Waals surface area (Å²) in [5.74, 6) is -0.929. The van der Waals surface area contributed by atoms with Gasteiger partial charge in [-0.3, -0.25) is 24.3 Å². The highest BCUT2D eigenvalue weighted by molar-refractivity contribution is 5.99. The van der Waals surface area contributed by atoms with Crippen LogP contribution in [-0.2, 0) is 22.3 Å². The Labute approximate surface area is 201 Å². The molecule has 4 rings (SSSR count). The highest BCUT2D eigenvalue weighted by Crippen LogP contribution is 2.31. The molecular weight excluding hydrogens is 464 g/mol. The number of imide groups is 1. The van der Waals surface area contributed by atoms with E-state index in [1.807, 2.05) is 4.90 Å². The Balaban J connectivity index is 1.21. The average Bonchev–Trinajstić information content (AvgIpc) is 2.82. The Bertz CT molecular complexity index is 1040. The number of piperazine rings is 2. The lowest BCUT2D eigenvalue weighted by Crippen LogP contribution is -2.54. The summed E-state index contributed by atoms with van der Waals surface area (Å²) in [6.45, 7) is 3.93. The molecule has 2 fully saturated rings. The second-order valence-electron chi connectivity index (χ2n) is 8.91. The minimum atomic E-state index is -4.37. The van der Waals surface area contributed by atoms with Crippen LogP contribution in [0.4, 0.5) is 23.2 Å². The number of halogens is 4. The highest BCUT2D eigenvalue weighted by atomic mass is 19.4. The van der Waals surface area contributed by atoms with Crippen molar-refractivity contribution in [2.45, 2.75) is 19.1 Å². The first-order valence-corrected chi connectivity index (χ1v) is 11.6. The second-order valence-corrected chi connectivity index (χ2v) is 8.91. The molecule has 0 saturated carbocycles. The van der Waals surface area contributed by atoms with Gasteiger partial charge in [-0.1, -0.05) is 24.3 Å². The Morgan fingerprint density at radius 2 is 1.49 bits per heavy atom. The molecule has 2 aromatic rings. The monoisotopic (exact) mass is 492 g/mol. The number of anilines is 1. The van der Waals surface area contributed by atoms with Crippen LogP contribution < -0.4 is 4.90 Å². The van der Waals surface area contributed by atoms with Crippen LogP contribution in [0.3, 0.4) is 0 Å². The van der Waals surface area contributed by atoms with Crippen molar-refractivity contribution < 1.29 is 27.2 Å². The van der Waals surface area contributed by atoms with Crippen molar-refractivity contribution in [3.8, 4) is 0 Å². The number of hydrogen-bond acceptors (Lipinski definition) is 5. The summed E-state index contributed by atoms with van der Waals surface area (Å²) < 4.78 is 52.8. The molecule has 0 aromatic heterocycles. The van der Waals surface area contributed by atoms with Gasteiger partial charge in [0.05, 0.1) is 18.7 Å². The van der Waals surface area contributed by atoms with E-state index in [-0.39, 0.29) is 37.3 Å². The van der Waals surface area contributed by atoms with Crippen LogP contribution in [0.1, 0.15) is 17.5 Å². The normalized spacial score (nSPS) is 18.4. The highest BCUT2D eigenvalue weighted by Gasteiger charge is 2.32. The third-order valence-electron chi connectivity index (χ3n) is 6.44. The number of carbonyl (C=O) groups is 2. The predicted molar refractivity (Wildman–Crippen MR) is 123 cm³/mol. The molecule has 0 atom stereocenters. The topological polar surface area (TPSA) is 47.1 Å². The van der Waals surface area contributed by atoms with E-state index in [1.165, 1.54) is 23.1 Å².